The zero-order valence-corrected chi connectivity index (χ0v) is 15.9. The Morgan fingerprint density at radius 2 is 1.74 bits per heavy atom. The van der Waals surface area contributed by atoms with Crippen molar-refractivity contribution in [1.82, 2.24) is 0 Å². The largest absolute Gasteiger partial charge is 0.484 e. The van der Waals surface area contributed by atoms with Crippen molar-refractivity contribution in [3.8, 4) is 5.75 Å². The van der Waals surface area contributed by atoms with Gasteiger partial charge in [-0.3, -0.25) is 4.79 Å². The molecule has 0 saturated carbocycles. The number of fused-ring (bicyclic) bond motifs is 3. The molecule has 1 aliphatic rings. The van der Waals surface area contributed by atoms with E-state index in [2.05, 4.69) is 0 Å². The minimum Gasteiger partial charge on any atom is -0.484 e. The fourth-order valence-electron chi connectivity index (χ4n) is 3.42. The smallest absolute Gasteiger partial charge is 0.339 e. The molecule has 0 unspecified atom stereocenters. The van der Waals surface area contributed by atoms with Crippen LogP contribution in [0.1, 0.15) is 34.3 Å². The Labute approximate surface area is 165 Å². The van der Waals surface area contributed by atoms with E-state index in [9.17, 15) is 9.59 Å². The van der Waals surface area contributed by atoms with E-state index in [0.717, 1.165) is 42.2 Å². The van der Waals surface area contributed by atoms with Gasteiger partial charge >= 0.3 is 5.63 Å². The first-order valence-corrected chi connectivity index (χ1v) is 9.48. The van der Waals surface area contributed by atoms with Crippen LogP contribution in [0.2, 0.25) is 10.0 Å². The number of carbonyl (C=O) groups excluding carboxylic acids is 1. The van der Waals surface area contributed by atoms with Crippen LogP contribution in [0.5, 0.6) is 5.75 Å². The highest BCUT2D eigenvalue weighted by Gasteiger charge is 2.20. The number of rotatable bonds is 4. The Hall–Kier alpha value is -2.30. The summed E-state index contributed by atoms with van der Waals surface area (Å²) in [4.78, 5) is 24.5. The van der Waals surface area contributed by atoms with Crippen molar-refractivity contribution in [3.63, 3.8) is 0 Å². The van der Waals surface area contributed by atoms with Crippen molar-refractivity contribution in [3.05, 3.63) is 73.6 Å². The normalized spacial score (nSPS) is 13.4. The van der Waals surface area contributed by atoms with Gasteiger partial charge in [0, 0.05) is 27.6 Å². The second kappa shape index (κ2) is 7.37. The molecule has 6 heteroatoms. The van der Waals surface area contributed by atoms with Crippen LogP contribution in [0, 0.1) is 0 Å². The lowest BCUT2D eigenvalue weighted by Gasteiger charge is -2.17. The van der Waals surface area contributed by atoms with Gasteiger partial charge in [0.15, 0.2) is 12.4 Å². The van der Waals surface area contributed by atoms with E-state index >= 15 is 0 Å². The highest BCUT2D eigenvalue weighted by atomic mass is 35.5. The molecule has 3 aromatic rings. The van der Waals surface area contributed by atoms with E-state index in [-0.39, 0.29) is 18.0 Å². The first-order chi connectivity index (χ1) is 13.0. The number of aryl methyl sites for hydroxylation is 1. The summed E-state index contributed by atoms with van der Waals surface area (Å²) in [5, 5.41) is 1.78. The summed E-state index contributed by atoms with van der Waals surface area (Å²) in [7, 11) is 0. The molecule has 1 aliphatic carbocycles. The van der Waals surface area contributed by atoms with E-state index in [1.807, 2.05) is 0 Å². The van der Waals surface area contributed by atoms with E-state index in [1.54, 1.807) is 36.4 Å². The van der Waals surface area contributed by atoms with Gasteiger partial charge in [-0.05, 0) is 61.6 Å². The maximum Gasteiger partial charge on any atom is 0.339 e. The summed E-state index contributed by atoms with van der Waals surface area (Å²) in [6.45, 7) is -0.179. The molecule has 138 valence electrons. The fourth-order valence-corrected chi connectivity index (χ4v) is 3.76. The molecule has 0 saturated heterocycles. The summed E-state index contributed by atoms with van der Waals surface area (Å²) in [5.41, 5.74) is 2.38. The molecule has 27 heavy (non-hydrogen) atoms. The number of Topliss-reactive ketones (excluding diaryl/α,β-unsaturated/α-hetero) is 1. The Balaban J connectivity index is 1.62. The van der Waals surface area contributed by atoms with E-state index in [4.69, 9.17) is 32.4 Å². The molecule has 0 atom stereocenters. The Morgan fingerprint density at radius 3 is 2.48 bits per heavy atom. The van der Waals surface area contributed by atoms with Crippen LogP contribution >= 0.6 is 23.2 Å². The minimum absolute atomic E-state index is 0.179. The maximum atomic E-state index is 12.3. The lowest BCUT2D eigenvalue weighted by Crippen LogP contribution is -2.16. The van der Waals surface area contributed by atoms with E-state index < -0.39 is 0 Å². The predicted octanol–water partition coefficient (Wildman–Crippen LogP) is 5.24. The zero-order valence-electron chi connectivity index (χ0n) is 14.4. The van der Waals surface area contributed by atoms with Crippen molar-refractivity contribution in [1.29, 1.82) is 0 Å². The predicted molar refractivity (Wildman–Crippen MR) is 105 cm³/mol. The van der Waals surface area contributed by atoms with Gasteiger partial charge in [-0.2, -0.15) is 0 Å². The number of ketones is 1. The molecular formula is C21H16Cl2O4. The molecule has 0 amide bonds. The van der Waals surface area contributed by atoms with Crippen molar-refractivity contribution < 1.29 is 13.9 Å². The molecule has 0 spiro atoms. The summed E-state index contributed by atoms with van der Waals surface area (Å²) in [5.74, 6) is 0.111. The average Bonchev–Trinajstić information content (AvgIpc) is 2.68. The van der Waals surface area contributed by atoms with Crippen molar-refractivity contribution in [2.24, 2.45) is 0 Å². The van der Waals surface area contributed by atoms with Gasteiger partial charge in [-0.15, -0.1) is 0 Å². The first-order valence-electron chi connectivity index (χ1n) is 8.72. The number of ether oxygens (including phenoxy) is 1. The third-order valence-corrected chi connectivity index (χ3v) is 5.35. The number of hydrogen-bond donors (Lipinski definition) is 0. The summed E-state index contributed by atoms with van der Waals surface area (Å²) >= 11 is 12.2. The summed E-state index contributed by atoms with van der Waals surface area (Å²) in [6, 6.07) is 9.92. The maximum absolute atomic E-state index is 12.3. The van der Waals surface area contributed by atoms with Gasteiger partial charge in [-0.25, -0.2) is 4.79 Å². The SMILES string of the molecule is O=C(COc1cc2oc(=O)c3c(c2cc1Cl)CCCC3)c1ccc(Cl)cc1. The minimum atomic E-state index is -0.303. The number of halogens is 2. The summed E-state index contributed by atoms with van der Waals surface area (Å²) < 4.78 is 11.1. The van der Waals surface area contributed by atoms with Crippen molar-refractivity contribution >= 4 is 40.0 Å². The van der Waals surface area contributed by atoms with Crippen LogP contribution in [0.15, 0.2) is 45.6 Å². The molecule has 2 aromatic carbocycles. The second-order valence-corrected chi connectivity index (χ2v) is 7.39. The molecule has 0 N–H and O–H groups in total. The topological polar surface area (TPSA) is 56.5 Å². The highest BCUT2D eigenvalue weighted by molar-refractivity contribution is 6.33. The lowest BCUT2D eigenvalue weighted by atomic mass is 9.91. The van der Waals surface area contributed by atoms with Gasteiger partial charge in [0.2, 0.25) is 0 Å². The van der Waals surface area contributed by atoms with Crippen LogP contribution in [-0.2, 0) is 12.8 Å². The molecule has 4 rings (SSSR count). The van der Waals surface area contributed by atoms with Crippen LogP contribution in [0.3, 0.4) is 0 Å². The average molecular weight is 403 g/mol. The third kappa shape index (κ3) is 3.60. The van der Waals surface area contributed by atoms with Gasteiger partial charge in [0.05, 0.1) is 5.02 Å². The zero-order chi connectivity index (χ0) is 19.0. The van der Waals surface area contributed by atoms with Crippen LogP contribution < -0.4 is 10.4 Å². The van der Waals surface area contributed by atoms with E-state index in [0.29, 0.717) is 26.9 Å². The fraction of sp³-hybridized carbons (Fsp3) is 0.238. The second-order valence-electron chi connectivity index (χ2n) is 6.55. The molecule has 4 nitrogen and oxygen atoms in total. The molecular weight excluding hydrogens is 387 g/mol. The highest BCUT2D eigenvalue weighted by Crippen LogP contribution is 2.34. The van der Waals surface area contributed by atoms with Crippen molar-refractivity contribution in [2.75, 3.05) is 6.61 Å². The molecule has 0 bridgehead atoms. The Bertz CT molecular complexity index is 1080. The van der Waals surface area contributed by atoms with Crippen molar-refractivity contribution in [2.45, 2.75) is 25.7 Å². The monoisotopic (exact) mass is 402 g/mol. The first kappa shape index (κ1) is 18.1. The number of benzene rings is 2. The Morgan fingerprint density at radius 1 is 1.04 bits per heavy atom. The van der Waals surface area contributed by atoms with Crippen LogP contribution in [-0.4, -0.2) is 12.4 Å². The molecule has 0 fully saturated rings. The molecule has 0 radical (unpaired) electrons. The molecule has 1 heterocycles. The number of carbonyl (C=O) groups is 1. The Kier molecular flexibility index (Phi) is 4.94. The quantitative estimate of drug-likeness (QED) is 0.442. The molecule has 0 aliphatic heterocycles. The lowest BCUT2D eigenvalue weighted by molar-refractivity contribution is 0.0921. The standard InChI is InChI=1S/C21H16Cl2O4/c22-13-7-5-12(6-8-13)18(24)11-26-20-10-19-16(9-17(20)23)14-3-1-2-4-15(14)21(25)27-19/h5-10H,1-4,11H2. The van der Waals surface area contributed by atoms with E-state index in [1.165, 1.54) is 0 Å². The van der Waals surface area contributed by atoms with Gasteiger partial charge in [-0.1, -0.05) is 23.2 Å². The number of hydrogen-bond acceptors (Lipinski definition) is 4. The summed E-state index contributed by atoms with van der Waals surface area (Å²) in [6.07, 6.45) is 3.60. The third-order valence-electron chi connectivity index (χ3n) is 4.80. The van der Waals surface area contributed by atoms with Crippen LogP contribution in [0.25, 0.3) is 11.0 Å². The van der Waals surface area contributed by atoms with Gasteiger partial charge < -0.3 is 9.15 Å². The molecule has 1 aromatic heterocycles. The van der Waals surface area contributed by atoms with Gasteiger partial charge in [0.25, 0.3) is 0 Å². The van der Waals surface area contributed by atoms with Gasteiger partial charge in [0.1, 0.15) is 11.3 Å². The van der Waals surface area contributed by atoms with Crippen LogP contribution in [0.4, 0.5) is 0 Å².